The molecule has 2 heterocycles. The minimum atomic E-state index is -0.550. The Bertz CT molecular complexity index is 444. The van der Waals surface area contributed by atoms with Gasteiger partial charge in [-0.15, -0.1) is 12.4 Å². The predicted octanol–water partition coefficient (Wildman–Crippen LogP) is 0.0841. The number of amides is 2. The molecule has 0 saturated carbocycles. The first kappa shape index (κ1) is 15.4. The molecule has 1 atom stereocenters. The van der Waals surface area contributed by atoms with E-state index in [1.807, 2.05) is 0 Å². The zero-order valence-electron chi connectivity index (χ0n) is 10.4. The minimum absolute atomic E-state index is 0. The summed E-state index contributed by atoms with van der Waals surface area (Å²) in [6, 6.07) is 3.15. The first-order valence-electron chi connectivity index (χ1n) is 5.94. The average molecular weight is 285 g/mol. The molecule has 2 rings (SSSR count). The molecule has 1 aliphatic heterocycles. The molecule has 6 nitrogen and oxygen atoms in total. The van der Waals surface area contributed by atoms with E-state index >= 15 is 0 Å². The lowest BCUT2D eigenvalue weighted by molar-refractivity contribution is 0.0923. The number of carbonyl (C=O) groups excluding carboxylic acids is 2. The molecule has 1 aromatic heterocycles. The molecule has 19 heavy (non-hydrogen) atoms. The number of nitrogens with one attached hydrogen (secondary N) is 2. The summed E-state index contributed by atoms with van der Waals surface area (Å²) in [7, 11) is 0. The topological polar surface area (TPSA) is 97.1 Å². The lowest BCUT2D eigenvalue weighted by Crippen LogP contribution is -2.45. The molecule has 1 saturated heterocycles. The van der Waals surface area contributed by atoms with Crippen molar-refractivity contribution in [2.75, 3.05) is 13.1 Å². The number of carbonyl (C=O) groups is 2. The molecular formula is C12H17ClN4O2. The Morgan fingerprint density at radius 2 is 2.21 bits per heavy atom. The van der Waals surface area contributed by atoms with Crippen LogP contribution in [0.2, 0.25) is 0 Å². The van der Waals surface area contributed by atoms with Gasteiger partial charge in [0.15, 0.2) is 0 Å². The lowest BCUT2D eigenvalue weighted by atomic mass is 10.1. The van der Waals surface area contributed by atoms with Crippen LogP contribution in [0.5, 0.6) is 0 Å². The van der Waals surface area contributed by atoms with Crippen molar-refractivity contribution < 1.29 is 9.59 Å². The number of piperidine rings is 1. The van der Waals surface area contributed by atoms with Crippen LogP contribution in [0.1, 0.15) is 33.7 Å². The van der Waals surface area contributed by atoms with Gasteiger partial charge in [0.05, 0.1) is 5.56 Å². The number of aromatic nitrogens is 1. The highest BCUT2D eigenvalue weighted by molar-refractivity contribution is 5.95. The number of rotatable bonds is 3. The van der Waals surface area contributed by atoms with Crippen molar-refractivity contribution in [3.63, 3.8) is 0 Å². The molecule has 104 valence electrons. The van der Waals surface area contributed by atoms with Crippen LogP contribution in [-0.2, 0) is 0 Å². The van der Waals surface area contributed by atoms with Gasteiger partial charge in [-0.05, 0) is 31.5 Å². The van der Waals surface area contributed by atoms with Crippen LogP contribution in [0, 0.1) is 0 Å². The Morgan fingerprint density at radius 1 is 1.42 bits per heavy atom. The molecule has 0 bridgehead atoms. The van der Waals surface area contributed by atoms with Gasteiger partial charge in [0, 0.05) is 18.8 Å². The van der Waals surface area contributed by atoms with Crippen LogP contribution in [0.15, 0.2) is 18.3 Å². The molecule has 1 aromatic rings. The van der Waals surface area contributed by atoms with Gasteiger partial charge < -0.3 is 16.4 Å². The van der Waals surface area contributed by atoms with E-state index in [4.69, 9.17) is 5.73 Å². The fourth-order valence-corrected chi connectivity index (χ4v) is 1.91. The van der Waals surface area contributed by atoms with Crippen LogP contribution in [0.3, 0.4) is 0 Å². The van der Waals surface area contributed by atoms with Crippen LogP contribution in [-0.4, -0.2) is 35.9 Å². The second-order valence-corrected chi connectivity index (χ2v) is 4.31. The molecule has 7 heteroatoms. The molecule has 1 fully saturated rings. The quantitative estimate of drug-likeness (QED) is 0.732. The zero-order valence-corrected chi connectivity index (χ0v) is 11.2. The summed E-state index contributed by atoms with van der Waals surface area (Å²) in [5.74, 6) is -0.773. The highest BCUT2D eigenvalue weighted by Crippen LogP contribution is 2.04. The maximum atomic E-state index is 11.9. The minimum Gasteiger partial charge on any atom is -0.366 e. The van der Waals surface area contributed by atoms with E-state index in [2.05, 4.69) is 15.6 Å². The van der Waals surface area contributed by atoms with Gasteiger partial charge >= 0.3 is 0 Å². The lowest BCUT2D eigenvalue weighted by Gasteiger charge is -2.23. The van der Waals surface area contributed by atoms with E-state index in [0.29, 0.717) is 11.3 Å². The van der Waals surface area contributed by atoms with Gasteiger partial charge in [-0.25, -0.2) is 0 Å². The number of hydrogen-bond donors (Lipinski definition) is 3. The summed E-state index contributed by atoms with van der Waals surface area (Å²) in [5, 5.41) is 6.12. The Hall–Kier alpha value is -1.66. The maximum Gasteiger partial charge on any atom is 0.270 e. The highest BCUT2D eigenvalue weighted by atomic mass is 35.5. The maximum absolute atomic E-state index is 11.9. The van der Waals surface area contributed by atoms with E-state index in [0.717, 1.165) is 25.9 Å². The smallest absolute Gasteiger partial charge is 0.270 e. The summed E-state index contributed by atoms with van der Waals surface area (Å²) in [6.45, 7) is 1.78. The Labute approximate surface area is 117 Å². The molecule has 1 aliphatic rings. The fraction of sp³-hybridized carbons (Fsp3) is 0.417. The summed E-state index contributed by atoms with van der Waals surface area (Å²) in [6.07, 6.45) is 3.34. The van der Waals surface area contributed by atoms with E-state index < -0.39 is 5.91 Å². The predicted molar refractivity (Wildman–Crippen MR) is 73.4 cm³/mol. The van der Waals surface area contributed by atoms with E-state index in [-0.39, 0.29) is 24.4 Å². The summed E-state index contributed by atoms with van der Waals surface area (Å²) in [5.41, 5.74) is 5.70. The van der Waals surface area contributed by atoms with Crippen LogP contribution >= 0.6 is 12.4 Å². The third-order valence-electron chi connectivity index (χ3n) is 2.91. The third kappa shape index (κ3) is 4.18. The normalized spacial score (nSPS) is 18.2. The second kappa shape index (κ2) is 7.06. The van der Waals surface area contributed by atoms with Crippen LogP contribution in [0.25, 0.3) is 0 Å². The van der Waals surface area contributed by atoms with Crippen molar-refractivity contribution in [3.05, 3.63) is 29.6 Å². The van der Waals surface area contributed by atoms with Crippen molar-refractivity contribution in [2.45, 2.75) is 18.9 Å². The van der Waals surface area contributed by atoms with Crippen molar-refractivity contribution in [2.24, 2.45) is 5.73 Å². The average Bonchev–Trinajstić information content (AvgIpc) is 2.40. The van der Waals surface area contributed by atoms with Gasteiger partial charge in [-0.1, -0.05) is 0 Å². The fourth-order valence-electron chi connectivity index (χ4n) is 1.91. The van der Waals surface area contributed by atoms with Crippen molar-refractivity contribution in [1.29, 1.82) is 0 Å². The standard InChI is InChI=1S/C12H16N4O2.ClH/c13-11(17)8-3-4-10(15-6-8)12(18)16-9-2-1-5-14-7-9;/h3-4,6,9,14H,1-2,5,7H2,(H2,13,17)(H,16,18);1H. The first-order valence-corrected chi connectivity index (χ1v) is 5.94. The summed E-state index contributed by atoms with van der Waals surface area (Å²) < 4.78 is 0. The second-order valence-electron chi connectivity index (χ2n) is 4.31. The Kier molecular flexibility index (Phi) is 5.72. The molecular weight excluding hydrogens is 268 g/mol. The van der Waals surface area contributed by atoms with Crippen LogP contribution in [0.4, 0.5) is 0 Å². The summed E-state index contributed by atoms with van der Waals surface area (Å²) in [4.78, 5) is 26.7. The largest absolute Gasteiger partial charge is 0.366 e. The van der Waals surface area contributed by atoms with Gasteiger partial charge in [0.1, 0.15) is 5.69 Å². The Morgan fingerprint density at radius 3 is 2.74 bits per heavy atom. The molecule has 4 N–H and O–H groups in total. The molecule has 0 aromatic carbocycles. The number of nitrogens with two attached hydrogens (primary N) is 1. The number of halogens is 1. The monoisotopic (exact) mass is 284 g/mol. The van der Waals surface area contributed by atoms with Gasteiger partial charge in [-0.3, -0.25) is 14.6 Å². The van der Waals surface area contributed by atoms with E-state index in [9.17, 15) is 9.59 Å². The van der Waals surface area contributed by atoms with Gasteiger partial charge in [0.2, 0.25) is 5.91 Å². The first-order chi connectivity index (χ1) is 8.66. The SMILES string of the molecule is Cl.NC(=O)c1ccc(C(=O)NC2CCCNC2)nc1. The molecule has 1 unspecified atom stereocenters. The highest BCUT2D eigenvalue weighted by Gasteiger charge is 2.17. The number of nitrogens with zero attached hydrogens (tertiary/aromatic N) is 1. The van der Waals surface area contributed by atoms with Crippen molar-refractivity contribution >= 4 is 24.2 Å². The summed E-state index contributed by atoms with van der Waals surface area (Å²) >= 11 is 0. The van der Waals surface area contributed by atoms with E-state index in [1.54, 1.807) is 0 Å². The molecule has 0 radical (unpaired) electrons. The number of hydrogen-bond acceptors (Lipinski definition) is 4. The zero-order chi connectivity index (χ0) is 13.0. The Balaban J connectivity index is 0.00000180. The molecule has 0 aliphatic carbocycles. The van der Waals surface area contributed by atoms with Crippen molar-refractivity contribution in [1.82, 2.24) is 15.6 Å². The van der Waals surface area contributed by atoms with Crippen LogP contribution < -0.4 is 16.4 Å². The molecule has 2 amide bonds. The van der Waals surface area contributed by atoms with E-state index in [1.165, 1.54) is 18.3 Å². The molecule has 0 spiro atoms. The number of pyridine rings is 1. The van der Waals surface area contributed by atoms with Crippen molar-refractivity contribution in [3.8, 4) is 0 Å². The third-order valence-corrected chi connectivity index (χ3v) is 2.91. The van der Waals surface area contributed by atoms with Gasteiger partial charge in [-0.2, -0.15) is 0 Å². The van der Waals surface area contributed by atoms with Gasteiger partial charge in [0.25, 0.3) is 5.91 Å². The number of primary amides is 1.